The first kappa shape index (κ1) is 13.8. The van der Waals surface area contributed by atoms with Crippen LogP contribution in [0.25, 0.3) is 11.0 Å². The molecule has 0 spiro atoms. The van der Waals surface area contributed by atoms with Crippen molar-refractivity contribution in [3.05, 3.63) is 36.0 Å². The van der Waals surface area contributed by atoms with Gasteiger partial charge in [-0.05, 0) is 38.8 Å². The SMILES string of the molecule is CCn1c(SC(C)c2nc(C3CC3)no2)nc2ccccc21. The lowest BCUT2D eigenvalue weighted by molar-refractivity contribution is 0.374. The van der Waals surface area contributed by atoms with Gasteiger partial charge in [0.15, 0.2) is 11.0 Å². The Morgan fingerprint density at radius 3 is 2.91 bits per heavy atom. The molecule has 1 aromatic carbocycles. The highest BCUT2D eigenvalue weighted by atomic mass is 32.2. The summed E-state index contributed by atoms with van der Waals surface area (Å²) in [5.74, 6) is 2.09. The van der Waals surface area contributed by atoms with Gasteiger partial charge in [-0.3, -0.25) is 0 Å². The molecule has 0 radical (unpaired) electrons. The molecule has 22 heavy (non-hydrogen) atoms. The smallest absolute Gasteiger partial charge is 0.239 e. The van der Waals surface area contributed by atoms with Gasteiger partial charge in [-0.25, -0.2) is 4.98 Å². The van der Waals surface area contributed by atoms with Gasteiger partial charge in [-0.15, -0.1) is 0 Å². The minimum atomic E-state index is 0.0992. The summed E-state index contributed by atoms with van der Waals surface area (Å²) < 4.78 is 7.66. The van der Waals surface area contributed by atoms with Crippen LogP contribution < -0.4 is 0 Å². The van der Waals surface area contributed by atoms with Crippen LogP contribution in [0.5, 0.6) is 0 Å². The summed E-state index contributed by atoms with van der Waals surface area (Å²) in [4.78, 5) is 9.28. The maximum Gasteiger partial charge on any atom is 0.239 e. The first-order valence-electron chi connectivity index (χ1n) is 7.71. The minimum absolute atomic E-state index is 0.0992. The first-order valence-corrected chi connectivity index (χ1v) is 8.59. The molecule has 114 valence electrons. The molecule has 0 saturated heterocycles. The van der Waals surface area contributed by atoms with E-state index in [9.17, 15) is 0 Å². The van der Waals surface area contributed by atoms with Gasteiger partial charge in [0, 0.05) is 12.5 Å². The number of aryl methyl sites for hydroxylation is 1. The van der Waals surface area contributed by atoms with Crippen molar-refractivity contribution in [3.63, 3.8) is 0 Å². The largest absolute Gasteiger partial charge is 0.338 e. The molecule has 4 rings (SSSR count). The van der Waals surface area contributed by atoms with Gasteiger partial charge in [0.25, 0.3) is 0 Å². The van der Waals surface area contributed by atoms with E-state index < -0.39 is 0 Å². The highest BCUT2D eigenvalue weighted by Crippen LogP contribution is 2.40. The second-order valence-electron chi connectivity index (χ2n) is 5.65. The fourth-order valence-corrected chi connectivity index (χ4v) is 3.60. The average Bonchev–Trinajstić information content (AvgIpc) is 3.15. The molecule has 2 heterocycles. The van der Waals surface area contributed by atoms with Crippen LogP contribution in [0.4, 0.5) is 0 Å². The van der Waals surface area contributed by atoms with Gasteiger partial charge >= 0.3 is 0 Å². The van der Waals surface area contributed by atoms with E-state index >= 15 is 0 Å². The van der Waals surface area contributed by atoms with Gasteiger partial charge in [0.05, 0.1) is 16.3 Å². The molecule has 3 aromatic rings. The molecule has 5 nitrogen and oxygen atoms in total. The predicted octanol–water partition coefficient (Wildman–Crippen LogP) is 4.17. The van der Waals surface area contributed by atoms with Crippen molar-refractivity contribution in [2.75, 3.05) is 0 Å². The lowest BCUT2D eigenvalue weighted by atomic mass is 10.3. The Labute approximate surface area is 133 Å². The van der Waals surface area contributed by atoms with Gasteiger partial charge in [-0.1, -0.05) is 29.1 Å². The highest BCUT2D eigenvalue weighted by molar-refractivity contribution is 7.99. The molecular weight excluding hydrogens is 296 g/mol. The molecule has 0 N–H and O–H groups in total. The van der Waals surface area contributed by atoms with Crippen LogP contribution in [0.3, 0.4) is 0 Å². The zero-order chi connectivity index (χ0) is 15.1. The van der Waals surface area contributed by atoms with E-state index in [1.165, 1.54) is 18.4 Å². The first-order chi connectivity index (χ1) is 10.8. The van der Waals surface area contributed by atoms with Crippen molar-refractivity contribution < 1.29 is 4.52 Å². The van der Waals surface area contributed by atoms with Crippen molar-refractivity contribution in [1.82, 2.24) is 19.7 Å². The standard InChI is InChI=1S/C16H18N4OS/c1-3-20-13-7-5-4-6-12(13)17-16(20)22-10(2)15-18-14(19-21-15)11-8-9-11/h4-7,10-11H,3,8-9H2,1-2H3. The number of rotatable bonds is 5. The number of nitrogens with zero attached hydrogens (tertiary/aromatic N) is 4. The van der Waals surface area contributed by atoms with Crippen molar-refractivity contribution >= 4 is 22.8 Å². The molecular formula is C16H18N4OS. The van der Waals surface area contributed by atoms with E-state index in [0.29, 0.717) is 11.8 Å². The summed E-state index contributed by atoms with van der Waals surface area (Å²) in [5.41, 5.74) is 2.20. The summed E-state index contributed by atoms with van der Waals surface area (Å²) >= 11 is 1.67. The predicted molar refractivity (Wildman–Crippen MR) is 86.0 cm³/mol. The molecule has 0 amide bonds. The fraction of sp³-hybridized carbons (Fsp3) is 0.438. The molecule has 0 aliphatic heterocycles. The van der Waals surface area contributed by atoms with Crippen molar-refractivity contribution in [2.24, 2.45) is 0 Å². The molecule has 1 aliphatic rings. The topological polar surface area (TPSA) is 56.7 Å². The van der Waals surface area contributed by atoms with Crippen LogP contribution in [0, 0.1) is 0 Å². The van der Waals surface area contributed by atoms with Crippen LogP contribution in [0.1, 0.15) is 49.6 Å². The lowest BCUT2D eigenvalue weighted by Gasteiger charge is -2.08. The number of aromatic nitrogens is 4. The third kappa shape index (κ3) is 2.41. The fourth-order valence-electron chi connectivity index (χ4n) is 2.58. The lowest BCUT2D eigenvalue weighted by Crippen LogP contribution is -1.98. The summed E-state index contributed by atoms with van der Waals surface area (Å²) in [7, 11) is 0. The molecule has 1 atom stereocenters. The minimum Gasteiger partial charge on any atom is -0.338 e. The Kier molecular flexibility index (Phi) is 3.41. The quantitative estimate of drug-likeness (QED) is 0.662. The summed E-state index contributed by atoms with van der Waals surface area (Å²) in [6, 6.07) is 8.23. The second kappa shape index (κ2) is 5.43. The second-order valence-corrected chi connectivity index (χ2v) is 6.96. The Balaban J connectivity index is 1.61. The Morgan fingerprint density at radius 2 is 2.14 bits per heavy atom. The van der Waals surface area contributed by atoms with Gasteiger partial charge < -0.3 is 9.09 Å². The summed E-state index contributed by atoms with van der Waals surface area (Å²) in [6.07, 6.45) is 2.37. The maximum absolute atomic E-state index is 5.43. The van der Waals surface area contributed by atoms with Crippen LogP contribution >= 0.6 is 11.8 Å². The Bertz CT molecular complexity index is 805. The van der Waals surface area contributed by atoms with Crippen LogP contribution in [0.15, 0.2) is 33.9 Å². The maximum atomic E-state index is 5.43. The van der Waals surface area contributed by atoms with Gasteiger partial charge in [0.2, 0.25) is 5.89 Å². The number of para-hydroxylation sites is 2. The Morgan fingerprint density at radius 1 is 1.32 bits per heavy atom. The molecule has 2 aromatic heterocycles. The molecule has 6 heteroatoms. The molecule has 1 saturated carbocycles. The van der Waals surface area contributed by atoms with Gasteiger partial charge in [0.1, 0.15) is 0 Å². The van der Waals surface area contributed by atoms with Gasteiger partial charge in [-0.2, -0.15) is 4.98 Å². The van der Waals surface area contributed by atoms with Crippen LogP contribution in [-0.2, 0) is 6.54 Å². The zero-order valence-electron chi connectivity index (χ0n) is 12.7. The molecule has 0 bridgehead atoms. The number of thioether (sulfide) groups is 1. The van der Waals surface area contributed by atoms with E-state index in [2.05, 4.69) is 34.6 Å². The van der Waals surface area contributed by atoms with Crippen LogP contribution in [0.2, 0.25) is 0 Å². The van der Waals surface area contributed by atoms with Crippen LogP contribution in [-0.4, -0.2) is 19.7 Å². The van der Waals surface area contributed by atoms with E-state index in [4.69, 9.17) is 9.51 Å². The van der Waals surface area contributed by atoms with E-state index in [1.807, 2.05) is 18.2 Å². The highest BCUT2D eigenvalue weighted by Gasteiger charge is 2.30. The van der Waals surface area contributed by atoms with E-state index in [1.54, 1.807) is 11.8 Å². The monoisotopic (exact) mass is 314 g/mol. The van der Waals surface area contributed by atoms with Crippen molar-refractivity contribution in [2.45, 2.75) is 49.6 Å². The average molecular weight is 314 g/mol. The zero-order valence-corrected chi connectivity index (χ0v) is 13.5. The number of hydrogen-bond acceptors (Lipinski definition) is 5. The normalized spacial score (nSPS) is 16.3. The van der Waals surface area contributed by atoms with Crippen molar-refractivity contribution in [1.29, 1.82) is 0 Å². The molecule has 1 aliphatic carbocycles. The summed E-state index contributed by atoms with van der Waals surface area (Å²) in [5, 5.41) is 5.20. The number of hydrogen-bond donors (Lipinski definition) is 0. The third-order valence-electron chi connectivity index (χ3n) is 3.97. The molecule has 1 unspecified atom stereocenters. The van der Waals surface area contributed by atoms with Crippen molar-refractivity contribution in [3.8, 4) is 0 Å². The summed E-state index contributed by atoms with van der Waals surface area (Å²) in [6.45, 7) is 5.13. The third-order valence-corrected chi connectivity index (χ3v) is 5.04. The molecule has 1 fully saturated rings. The number of imidazole rings is 1. The number of fused-ring (bicyclic) bond motifs is 1. The van der Waals surface area contributed by atoms with E-state index in [-0.39, 0.29) is 5.25 Å². The van der Waals surface area contributed by atoms with E-state index in [0.717, 1.165) is 23.0 Å². The Hall–Kier alpha value is -1.82. The number of benzene rings is 1.